The van der Waals surface area contributed by atoms with Crippen LogP contribution in [0.2, 0.25) is 0 Å². The molecule has 1 atom stereocenters. The number of aromatic nitrogens is 2. The molecule has 1 unspecified atom stereocenters. The zero-order valence-corrected chi connectivity index (χ0v) is 15.1. The van der Waals surface area contributed by atoms with Gasteiger partial charge in [-0.25, -0.2) is 13.4 Å². The van der Waals surface area contributed by atoms with Gasteiger partial charge in [-0.1, -0.05) is 0 Å². The number of ether oxygens (including phenoxy) is 1. The van der Waals surface area contributed by atoms with Crippen molar-refractivity contribution in [3.05, 3.63) is 36.5 Å². The average molecular weight is 362 g/mol. The molecule has 7 nitrogen and oxygen atoms in total. The fourth-order valence-corrected chi connectivity index (χ4v) is 4.30. The van der Waals surface area contributed by atoms with Crippen LogP contribution in [0.3, 0.4) is 0 Å². The highest BCUT2D eigenvalue weighted by atomic mass is 32.2. The van der Waals surface area contributed by atoms with Crippen molar-refractivity contribution in [1.29, 1.82) is 0 Å². The number of sulfone groups is 1. The summed E-state index contributed by atoms with van der Waals surface area (Å²) in [4.78, 5) is 8.55. The molecule has 1 fully saturated rings. The molecule has 0 saturated carbocycles. The highest BCUT2D eigenvalue weighted by molar-refractivity contribution is 7.91. The van der Waals surface area contributed by atoms with Crippen LogP contribution in [0.1, 0.15) is 20.3 Å². The number of rotatable bonds is 6. The van der Waals surface area contributed by atoms with E-state index in [1.807, 2.05) is 38.1 Å². The summed E-state index contributed by atoms with van der Waals surface area (Å²) < 4.78 is 28.7. The quantitative estimate of drug-likeness (QED) is 0.816. The minimum Gasteiger partial charge on any atom is -0.491 e. The number of anilines is 3. The van der Waals surface area contributed by atoms with Crippen molar-refractivity contribution in [2.24, 2.45) is 0 Å². The molecule has 1 aliphatic heterocycles. The van der Waals surface area contributed by atoms with Crippen LogP contribution in [-0.4, -0.2) is 42.0 Å². The van der Waals surface area contributed by atoms with Crippen molar-refractivity contribution in [2.45, 2.75) is 32.4 Å². The van der Waals surface area contributed by atoms with E-state index in [9.17, 15) is 8.42 Å². The van der Waals surface area contributed by atoms with Crippen molar-refractivity contribution in [2.75, 3.05) is 22.1 Å². The van der Waals surface area contributed by atoms with E-state index >= 15 is 0 Å². The van der Waals surface area contributed by atoms with E-state index < -0.39 is 9.84 Å². The Morgan fingerprint density at radius 2 is 1.96 bits per heavy atom. The largest absolute Gasteiger partial charge is 0.491 e. The summed E-state index contributed by atoms with van der Waals surface area (Å²) in [5, 5.41) is 6.29. The summed E-state index contributed by atoms with van der Waals surface area (Å²) >= 11 is 0. The summed E-state index contributed by atoms with van der Waals surface area (Å²) in [5.74, 6) is 2.22. The highest BCUT2D eigenvalue weighted by Crippen LogP contribution is 2.21. The SMILES string of the molecule is CC(C)Oc1ccc(Nc2ccnc(NC3CCS(=O)(=O)C3)n2)cc1. The zero-order chi connectivity index (χ0) is 17.9. The lowest BCUT2D eigenvalue weighted by Gasteiger charge is -2.13. The molecule has 25 heavy (non-hydrogen) atoms. The number of nitrogens with one attached hydrogen (secondary N) is 2. The van der Waals surface area contributed by atoms with Crippen LogP contribution >= 0.6 is 0 Å². The monoisotopic (exact) mass is 362 g/mol. The molecule has 2 N–H and O–H groups in total. The molecule has 1 aromatic heterocycles. The first kappa shape index (κ1) is 17.5. The first-order valence-electron chi connectivity index (χ1n) is 8.23. The van der Waals surface area contributed by atoms with Crippen LogP contribution in [0.4, 0.5) is 17.5 Å². The maximum atomic E-state index is 11.5. The lowest BCUT2D eigenvalue weighted by molar-refractivity contribution is 0.242. The van der Waals surface area contributed by atoms with Gasteiger partial charge in [-0.15, -0.1) is 0 Å². The Hall–Kier alpha value is -2.35. The molecule has 0 amide bonds. The third kappa shape index (κ3) is 5.06. The molecule has 0 aliphatic carbocycles. The van der Waals surface area contributed by atoms with E-state index in [1.165, 1.54) is 0 Å². The molecular formula is C17H22N4O3S. The van der Waals surface area contributed by atoms with Crippen LogP contribution < -0.4 is 15.4 Å². The van der Waals surface area contributed by atoms with Crippen molar-refractivity contribution in [3.8, 4) is 5.75 Å². The van der Waals surface area contributed by atoms with Gasteiger partial charge in [0.15, 0.2) is 9.84 Å². The van der Waals surface area contributed by atoms with Crippen LogP contribution in [0, 0.1) is 0 Å². The standard InChI is InChI=1S/C17H22N4O3S/c1-12(2)24-15-5-3-13(4-6-15)19-16-7-9-18-17(21-16)20-14-8-10-25(22,23)11-14/h3-7,9,12,14H,8,10-11H2,1-2H3,(H2,18,19,20,21). The molecule has 1 aliphatic rings. The van der Waals surface area contributed by atoms with E-state index in [0.29, 0.717) is 18.2 Å². The number of hydrogen-bond donors (Lipinski definition) is 2. The number of benzene rings is 1. The fourth-order valence-electron chi connectivity index (χ4n) is 2.63. The summed E-state index contributed by atoms with van der Waals surface area (Å²) in [6, 6.07) is 9.24. The predicted octanol–water partition coefficient (Wildman–Crippen LogP) is 2.61. The van der Waals surface area contributed by atoms with Gasteiger partial charge in [0.05, 0.1) is 17.6 Å². The topological polar surface area (TPSA) is 93.2 Å². The van der Waals surface area contributed by atoms with Gasteiger partial charge >= 0.3 is 0 Å². The Morgan fingerprint density at radius 3 is 2.60 bits per heavy atom. The van der Waals surface area contributed by atoms with Crippen molar-refractivity contribution in [3.63, 3.8) is 0 Å². The second-order valence-corrected chi connectivity index (χ2v) is 8.55. The number of hydrogen-bond acceptors (Lipinski definition) is 7. The molecule has 0 radical (unpaired) electrons. The molecule has 8 heteroatoms. The average Bonchev–Trinajstić information content (AvgIpc) is 2.88. The zero-order valence-electron chi connectivity index (χ0n) is 14.3. The second-order valence-electron chi connectivity index (χ2n) is 6.33. The third-order valence-electron chi connectivity index (χ3n) is 3.72. The van der Waals surface area contributed by atoms with E-state index in [1.54, 1.807) is 12.3 Å². The van der Waals surface area contributed by atoms with E-state index in [-0.39, 0.29) is 23.7 Å². The van der Waals surface area contributed by atoms with Crippen molar-refractivity contribution < 1.29 is 13.2 Å². The molecule has 1 saturated heterocycles. The van der Waals surface area contributed by atoms with Gasteiger partial charge in [0.2, 0.25) is 5.95 Å². The van der Waals surface area contributed by atoms with Crippen LogP contribution in [-0.2, 0) is 9.84 Å². The minimum absolute atomic E-state index is 0.130. The van der Waals surface area contributed by atoms with Crippen LogP contribution in [0.25, 0.3) is 0 Å². The molecule has 2 aromatic rings. The molecule has 0 bridgehead atoms. The molecular weight excluding hydrogens is 340 g/mol. The van der Waals surface area contributed by atoms with Gasteiger partial charge in [0.25, 0.3) is 0 Å². The maximum absolute atomic E-state index is 11.5. The third-order valence-corrected chi connectivity index (χ3v) is 5.49. The van der Waals surface area contributed by atoms with E-state index in [4.69, 9.17) is 4.74 Å². The normalized spacial score (nSPS) is 18.9. The second kappa shape index (κ2) is 7.26. The molecule has 134 valence electrons. The summed E-state index contributed by atoms with van der Waals surface area (Å²) in [5.41, 5.74) is 0.879. The summed E-state index contributed by atoms with van der Waals surface area (Å²) in [6.07, 6.45) is 2.35. The summed E-state index contributed by atoms with van der Waals surface area (Å²) in [6.45, 7) is 3.97. The van der Waals surface area contributed by atoms with Gasteiger partial charge in [-0.3, -0.25) is 0 Å². The Bertz CT molecular complexity index is 822. The number of nitrogens with zero attached hydrogens (tertiary/aromatic N) is 2. The highest BCUT2D eigenvalue weighted by Gasteiger charge is 2.28. The van der Waals surface area contributed by atoms with E-state index in [2.05, 4.69) is 20.6 Å². The first-order chi connectivity index (χ1) is 11.9. The van der Waals surface area contributed by atoms with E-state index in [0.717, 1.165) is 11.4 Å². The molecule has 2 heterocycles. The predicted molar refractivity (Wildman–Crippen MR) is 98.2 cm³/mol. The van der Waals surface area contributed by atoms with Crippen LogP contribution in [0.15, 0.2) is 36.5 Å². The lowest BCUT2D eigenvalue weighted by Crippen LogP contribution is -2.22. The Kier molecular flexibility index (Phi) is 5.08. The Labute approximate surface area is 147 Å². The van der Waals surface area contributed by atoms with Crippen molar-refractivity contribution >= 4 is 27.3 Å². The maximum Gasteiger partial charge on any atom is 0.224 e. The minimum atomic E-state index is -2.93. The Morgan fingerprint density at radius 1 is 1.20 bits per heavy atom. The van der Waals surface area contributed by atoms with Gasteiger partial charge in [0, 0.05) is 17.9 Å². The molecule has 3 rings (SSSR count). The van der Waals surface area contributed by atoms with Gasteiger partial charge in [-0.2, -0.15) is 4.98 Å². The van der Waals surface area contributed by atoms with Gasteiger partial charge < -0.3 is 15.4 Å². The van der Waals surface area contributed by atoms with Crippen molar-refractivity contribution in [1.82, 2.24) is 9.97 Å². The Balaban J connectivity index is 1.63. The molecule has 1 aromatic carbocycles. The lowest BCUT2D eigenvalue weighted by atomic mass is 10.3. The summed E-state index contributed by atoms with van der Waals surface area (Å²) in [7, 11) is -2.93. The molecule has 0 spiro atoms. The van der Waals surface area contributed by atoms with Gasteiger partial charge in [-0.05, 0) is 50.6 Å². The van der Waals surface area contributed by atoms with Crippen LogP contribution in [0.5, 0.6) is 5.75 Å². The fraction of sp³-hybridized carbons (Fsp3) is 0.412. The van der Waals surface area contributed by atoms with Gasteiger partial charge in [0.1, 0.15) is 11.6 Å². The smallest absolute Gasteiger partial charge is 0.224 e. The first-order valence-corrected chi connectivity index (χ1v) is 10.1.